The fourth-order valence-corrected chi connectivity index (χ4v) is 12.4. The van der Waals surface area contributed by atoms with Gasteiger partial charge in [-0.1, -0.05) is 88.9 Å². The van der Waals surface area contributed by atoms with Crippen molar-refractivity contribution in [3.05, 3.63) is 83.9 Å². The Morgan fingerprint density at radius 3 is 2.16 bits per heavy atom. The van der Waals surface area contributed by atoms with E-state index in [9.17, 15) is 30.0 Å². The van der Waals surface area contributed by atoms with E-state index in [1.165, 1.54) is 0 Å². The van der Waals surface area contributed by atoms with E-state index >= 15 is 0 Å². The lowest BCUT2D eigenvalue weighted by molar-refractivity contribution is -0.459. The fraction of sp³-hybridized carbons (Fsp3) is 0.636. The summed E-state index contributed by atoms with van der Waals surface area (Å²) in [6.45, 7) is 9.43. The molecule has 3 aliphatic carbocycles. The van der Waals surface area contributed by atoms with Crippen molar-refractivity contribution in [1.82, 2.24) is 0 Å². The van der Waals surface area contributed by atoms with Gasteiger partial charge in [-0.2, -0.15) is 0 Å². The Hall–Kier alpha value is -3.20. The monoisotopic (exact) mass is 774 g/mol. The average molecular weight is 775 g/mol. The Labute approximate surface area is 327 Å². The molecular formula is C44H54O12. The summed E-state index contributed by atoms with van der Waals surface area (Å²) in [6, 6.07) is 17.2. The highest BCUT2D eigenvalue weighted by atomic mass is 16.9. The van der Waals surface area contributed by atoms with Crippen molar-refractivity contribution < 1.29 is 58.4 Å². The number of ether oxygens (including phenoxy) is 6. The number of aliphatic hydroxyl groups is 4. The third-order valence-electron chi connectivity index (χ3n) is 14.9. The molecule has 4 unspecified atom stereocenters. The minimum Gasteiger partial charge on any atom is -0.462 e. The van der Waals surface area contributed by atoms with Gasteiger partial charge in [0.25, 0.3) is 0 Å². The Kier molecular flexibility index (Phi) is 9.19. The number of fused-ring (bicyclic) bond motifs is 1. The Bertz CT molecular complexity index is 1860. The Morgan fingerprint density at radius 1 is 0.875 bits per heavy atom. The number of epoxide rings is 1. The number of esters is 2. The highest BCUT2D eigenvalue weighted by Gasteiger charge is 2.91. The summed E-state index contributed by atoms with van der Waals surface area (Å²) in [7, 11) is 0. The van der Waals surface area contributed by atoms with E-state index in [-0.39, 0.29) is 24.5 Å². The predicted octanol–water partition coefficient (Wildman–Crippen LogP) is 4.33. The molecule has 3 bridgehead atoms. The first-order valence-corrected chi connectivity index (χ1v) is 20.4. The standard InChI is InChI=1S/C44H54O12/c1-24(2)40-21-29(22-51-37(47)27-16-10-7-11-17-27)43-32-35(40)54-44(55-40,56-43)30(46)20-14-6-5-9-15-25(3)31-26(4)34(52-38(48)28-18-12-8-13-19-28)42(50,33(31)43)39(49)41(23-45)36(32)53-41/h7-8,10-13,16-19,25-26,29-36,39,45-46,49-50H,1,5-6,9,14-15,20-23H2,2-4H3/t25?,26?,29-,30-,31-,32+,33+,34-,35+,36?,39+,40+,41-,42+,43+,44?/m0/s1. The molecule has 4 heterocycles. The molecule has 56 heavy (non-hydrogen) atoms. The molecule has 12 heteroatoms. The van der Waals surface area contributed by atoms with Gasteiger partial charge >= 0.3 is 17.9 Å². The SMILES string of the molecule is C=C(C)[C@]12C[C@@H](COC(=O)c3ccccc3)[C@@]34OC5(O[C@@H]1[C@@H]3C1O[C@]1(CO)[C@@H](O)[C@@]1(O)[C@H]4[C@@H](C(C)CCCCCC[C@@H]5O)C(C)[C@@H]1OC(=O)c1ccccc1)O2. The van der Waals surface area contributed by atoms with E-state index in [0.717, 1.165) is 25.7 Å². The first-order chi connectivity index (χ1) is 26.8. The van der Waals surface area contributed by atoms with Crippen molar-refractivity contribution in [3.63, 3.8) is 0 Å². The molecule has 2 aromatic rings. The molecule has 4 saturated heterocycles. The Morgan fingerprint density at radius 2 is 1.52 bits per heavy atom. The zero-order valence-corrected chi connectivity index (χ0v) is 32.3. The maximum absolute atomic E-state index is 14.0. The molecule has 7 fully saturated rings. The third-order valence-corrected chi connectivity index (χ3v) is 14.9. The van der Waals surface area contributed by atoms with Gasteiger partial charge in [-0.15, -0.1) is 0 Å². The van der Waals surface area contributed by atoms with Crippen LogP contribution in [0.1, 0.15) is 86.4 Å². The van der Waals surface area contributed by atoms with E-state index in [4.69, 9.17) is 28.4 Å². The van der Waals surface area contributed by atoms with E-state index in [1.807, 2.05) is 19.9 Å². The molecule has 4 aliphatic heterocycles. The molecular weight excluding hydrogens is 720 g/mol. The van der Waals surface area contributed by atoms with Crippen molar-refractivity contribution in [1.29, 1.82) is 0 Å². The first kappa shape index (κ1) is 38.3. The van der Waals surface area contributed by atoms with Crippen molar-refractivity contribution >= 4 is 11.9 Å². The van der Waals surface area contributed by atoms with Crippen LogP contribution in [0.25, 0.3) is 0 Å². The molecule has 4 N–H and O–H groups in total. The highest BCUT2D eigenvalue weighted by Crippen LogP contribution is 2.75. The summed E-state index contributed by atoms with van der Waals surface area (Å²) >= 11 is 0. The van der Waals surface area contributed by atoms with Gasteiger partial charge < -0.3 is 48.8 Å². The van der Waals surface area contributed by atoms with Gasteiger partial charge in [-0.05, 0) is 67.4 Å². The normalized spacial score (nSPS) is 47.3. The van der Waals surface area contributed by atoms with Crippen LogP contribution < -0.4 is 0 Å². The van der Waals surface area contributed by atoms with Crippen LogP contribution in [0.2, 0.25) is 0 Å². The lowest BCUT2D eigenvalue weighted by Gasteiger charge is -2.62. The smallest absolute Gasteiger partial charge is 0.338 e. The molecule has 0 radical (unpaired) electrons. The molecule has 0 aromatic heterocycles. The maximum Gasteiger partial charge on any atom is 0.338 e. The van der Waals surface area contributed by atoms with Crippen molar-refractivity contribution in [2.75, 3.05) is 13.2 Å². The van der Waals surface area contributed by atoms with Crippen LogP contribution in [0.5, 0.6) is 0 Å². The molecule has 3 saturated carbocycles. The topological polar surface area (TPSA) is 174 Å². The van der Waals surface area contributed by atoms with Gasteiger partial charge in [0.05, 0.1) is 29.9 Å². The van der Waals surface area contributed by atoms with Gasteiger partial charge in [0.2, 0.25) is 0 Å². The molecule has 7 aliphatic rings. The number of aliphatic hydroxyl groups excluding tert-OH is 3. The minimum atomic E-state index is -2.27. The van der Waals surface area contributed by atoms with Crippen LogP contribution in [0.3, 0.4) is 0 Å². The number of hydrogen-bond donors (Lipinski definition) is 4. The third kappa shape index (κ3) is 5.12. The van der Waals surface area contributed by atoms with Crippen molar-refractivity contribution in [2.45, 2.75) is 125 Å². The van der Waals surface area contributed by atoms with Crippen LogP contribution in [0, 0.1) is 35.5 Å². The molecule has 302 valence electrons. The summed E-state index contributed by atoms with van der Waals surface area (Å²) < 4.78 is 40.4. The van der Waals surface area contributed by atoms with E-state index in [2.05, 4.69) is 13.5 Å². The summed E-state index contributed by atoms with van der Waals surface area (Å²) in [6.07, 6.45) is -1.51. The molecule has 16 atom stereocenters. The Balaban J connectivity index is 1.28. The zero-order valence-electron chi connectivity index (χ0n) is 32.3. The molecule has 0 amide bonds. The molecule has 9 rings (SSSR count). The lowest BCUT2D eigenvalue weighted by atomic mass is 9.51. The molecule has 12 nitrogen and oxygen atoms in total. The first-order valence-electron chi connectivity index (χ1n) is 20.4. The van der Waals surface area contributed by atoms with E-state index in [0.29, 0.717) is 24.0 Å². The van der Waals surface area contributed by atoms with E-state index < -0.39 is 107 Å². The van der Waals surface area contributed by atoms with E-state index in [1.54, 1.807) is 54.6 Å². The van der Waals surface area contributed by atoms with Crippen LogP contribution in [-0.4, -0.2) is 104 Å². The van der Waals surface area contributed by atoms with Crippen molar-refractivity contribution in [2.24, 2.45) is 35.5 Å². The lowest BCUT2D eigenvalue weighted by Crippen LogP contribution is -2.75. The van der Waals surface area contributed by atoms with Gasteiger partial charge in [-0.25, -0.2) is 9.59 Å². The van der Waals surface area contributed by atoms with Crippen LogP contribution in [0.15, 0.2) is 72.8 Å². The van der Waals surface area contributed by atoms with Crippen LogP contribution >= 0.6 is 0 Å². The summed E-state index contributed by atoms with van der Waals surface area (Å²) in [5.41, 5.74) is -5.58. The largest absolute Gasteiger partial charge is 0.462 e. The minimum absolute atomic E-state index is 0.0865. The second kappa shape index (κ2) is 13.4. The van der Waals surface area contributed by atoms with Gasteiger partial charge in [0.15, 0.2) is 0 Å². The average Bonchev–Trinajstić information content (AvgIpc) is 3.84. The highest BCUT2D eigenvalue weighted by molar-refractivity contribution is 5.90. The number of carbonyl (C=O) groups is 2. The van der Waals surface area contributed by atoms with Gasteiger partial charge in [0, 0.05) is 17.8 Å². The predicted molar refractivity (Wildman–Crippen MR) is 199 cm³/mol. The van der Waals surface area contributed by atoms with Gasteiger partial charge in [-0.3, -0.25) is 0 Å². The quantitative estimate of drug-likeness (QED) is 0.179. The zero-order chi connectivity index (χ0) is 39.4. The fourth-order valence-electron chi connectivity index (χ4n) is 12.4. The van der Waals surface area contributed by atoms with Crippen LogP contribution in [-0.2, 0) is 28.4 Å². The number of hydrogen-bond acceptors (Lipinski definition) is 12. The number of rotatable bonds is 7. The second-order valence-corrected chi connectivity index (χ2v) is 17.8. The summed E-state index contributed by atoms with van der Waals surface area (Å²) in [4.78, 5) is 27.7. The number of benzene rings is 2. The van der Waals surface area contributed by atoms with Crippen molar-refractivity contribution in [3.8, 4) is 0 Å². The molecule has 2 spiro atoms. The van der Waals surface area contributed by atoms with Gasteiger partial charge in [0.1, 0.15) is 47.3 Å². The molecule has 2 aromatic carbocycles. The summed E-state index contributed by atoms with van der Waals surface area (Å²) in [5, 5.41) is 50.1. The van der Waals surface area contributed by atoms with Crippen LogP contribution in [0.4, 0.5) is 0 Å². The maximum atomic E-state index is 14.0. The second-order valence-electron chi connectivity index (χ2n) is 17.8. The number of carbonyl (C=O) groups excluding carboxylic acids is 2. The summed E-state index contributed by atoms with van der Waals surface area (Å²) in [5.74, 6) is -6.91.